The van der Waals surface area contributed by atoms with Gasteiger partial charge in [-0.05, 0) is 31.8 Å². The van der Waals surface area contributed by atoms with E-state index in [-0.39, 0.29) is 12.6 Å². The average Bonchev–Trinajstić information content (AvgIpc) is 2.50. The smallest absolute Gasteiger partial charge is 0.407 e. The molecule has 0 unspecified atom stereocenters. The Morgan fingerprint density at radius 1 is 1.05 bits per heavy atom. The molecule has 0 saturated carbocycles. The number of unbranched alkanes of at least 4 members (excludes halogenated alkanes) is 5. The monoisotopic (exact) mass is 333 g/mol. The molecule has 1 N–H and O–H groups in total. The normalized spacial score (nSPS) is 11.8. The molecule has 1 atom stereocenters. The Morgan fingerprint density at radius 2 is 1.73 bits per heavy atom. The first-order chi connectivity index (χ1) is 10.7. The molecule has 22 heavy (non-hydrogen) atoms. The number of esters is 1. The van der Waals surface area contributed by atoms with Gasteiger partial charge >= 0.3 is 12.1 Å². The van der Waals surface area contributed by atoms with Gasteiger partial charge in [0.25, 0.3) is 0 Å². The van der Waals surface area contributed by atoms with E-state index < -0.39 is 12.1 Å². The molecule has 6 heteroatoms. The Morgan fingerprint density at radius 3 is 2.36 bits per heavy atom. The van der Waals surface area contributed by atoms with Crippen LogP contribution in [0.4, 0.5) is 4.79 Å². The summed E-state index contributed by atoms with van der Waals surface area (Å²) in [6.45, 7) is 4.62. The number of rotatable bonds is 13. The van der Waals surface area contributed by atoms with E-state index in [1.54, 1.807) is 18.7 Å². The van der Waals surface area contributed by atoms with Gasteiger partial charge in [-0.1, -0.05) is 39.0 Å². The highest BCUT2D eigenvalue weighted by molar-refractivity contribution is 7.98. The van der Waals surface area contributed by atoms with E-state index in [2.05, 4.69) is 12.2 Å². The molecule has 0 aromatic carbocycles. The van der Waals surface area contributed by atoms with E-state index in [0.717, 1.165) is 18.6 Å². The van der Waals surface area contributed by atoms with E-state index >= 15 is 0 Å². The SMILES string of the molecule is CCCCCCCCOC(=O)[C@H](CCSC)NC(=O)OCC. The third kappa shape index (κ3) is 11.7. The Labute approximate surface area is 138 Å². The van der Waals surface area contributed by atoms with Crippen LogP contribution in [-0.4, -0.2) is 43.3 Å². The van der Waals surface area contributed by atoms with Crippen molar-refractivity contribution in [3.63, 3.8) is 0 Å². The lowest BCUT2D eigenvalue weighted by Gasteiger charge is -2.17. The lowest BCUT2D eigenvalue weighted by atomic mass is 10.1. The second kappa shape index (κ2) is 15.0. The fraction of sp³-hybridized carbons (Fsp3) is 0.875. The summed E-state index contributed by atoms with van der Waals surface area (Å²) in [5, 5.41) is 2.57. The first-order valence-electron chi connectivity index (χ1n) is 8.24. The lowest BCUT2D eigenvalue weighted by molar-refractivity contribution is -0.146. The van der Waals surface area contributed by atoms with Crippen molar-refractivity contribution in [2.24, 2.45) is 0 Å². The van der Waals surface area contributed by atoms with Gasteiger partial charge in [0.05, 0.1) is 13.2 Å². The number of alkyl carbamates (subject to hydrolysis) is 1. The van der Waals surface area contributed by atoms with Gasteiger partial charge in [0.15, 0.2) is 0 Å². The minimum absolute atomic E-state index is 0.286. The third-order valence-electron chi connectivity index (χ3n) is 3.20. The van der Waals surface area contributed by atoms with Crippen LogP contribution in [0.1, 0.15) is 58.8 Å². The summed E-state index contributed by atoms with van der Waals surface area (Å²) in [7, 11) is 0. The van der Waals surface area contributed by atoms with Crippen LogP contribution in [0.25, 0.3) is 0 Å². The molecular weight excluding hydrogens is 302 g/mol. The summed E-state index contributed by atoms with van der Waals surface area (Å²) in [6.07, 6.45) is 8.82. The number of thioether (sulfide) groups is 1. The molecule has 1 amide bonds. The number of nitrogens with one attached hydrogen (secondary N) is 1. The standard InChI is InChI=1S/C16H31NO4S/c1-4-6-7-8-9-10-12-21-15(18)14(11-13-22-3)17-16(19)20-5-2/h14H,4-13H2,1-3H3,(H,17,19)/t14-/m0/s1. The molecule has 0 bridgehead atoms. The number of carbonyl (C=O) groups is 2. The second-order valence-corrected chi connectivity index (χ2v) is 6.12. The predicted molar refractivity (Wildman–Crippen MR) is 91.3 cm³/mol. The van der Waals surface area contributed by atoms with Crippen LogP contribution in [-0.2, 0) is 14.3 Å². The molecule has 0 fully saturated rings. The molecule has 0 aliphatic carbocycles. The molecule has 0 heterocycles. The summed E-state index contributed by atoms with van der Waals surface area (Å²) in [6, 6.07) is -0.619. The van der Waals surface area contributed by atoms with Crippen molar-refractivity contribution in [1.82, 2.24) is 5.32 Å². The van der Waals surface area contributed by atoms with Crippen molar-refractivity contribution in [2.75, 3.05) is 25.2 Å². The maximum atomic E-state index is 12.0. The largest absolute Gasteiger partial charge is 0.464 e. The molecule has 0 spiro atoms. The van der Waals surface area contributed by atoms with Crippen molar-refractivity contribution in [2.45, 2.75) is 64.8 Å². The van der Waals surface area contributed by atoms with Crippen molar-refractivity contribution in [1.29, 1.82) is 0 Å². The summed E-state index contributed by atoms with van der Waals surface area (Å²) >= 11 is 1.63. The zero-order valence-electron chi connectivity index (χ0n) is 14.2. The zero-order valence-corrected chi connectivity index (χ0v) is 15.0. The molecule has 0 radical (unpaired) electrons. The van der Waals surface area contributed by atoms with Crippen LogP contribution in [0.3, 0.4) is 0 Å². The Hall–Kier alpha value is -0.910. The highest BCUT2D eigenvalue weighted by atomic mass is 32.2. The quantitative estimate of drug-likeness (QED) is 0.411. The van der Waals surface area contributed by atoms with Crippen LogP contribution in [0.15, 0.2) is 0 Å². The number of amides is 1. The van der Waals surface area contributed by atoms with Crippen molar-refractivity contribution in [3.05, 3.63) is 0 Å². The topological polar surface area (TPSA) is 64.6 Å². The Bertz CT molecular complexity index is 300. The van der Waals surface area contributed by atoms with Gasteiger partial charge in [0.2, 0.25) is 0 Å². The fourth-order valence-electron chi connectivity index (χ4n) is 1.96. The van der Waals surface area contributed by atoms with Gasteiger partial charge in [-0.2, -0.15) is 11.8 Å². The van der Waals surface area contributed by atoms with Crippen LogP contribution in [0, 0.1) is 0 Å². The first kappa shape index (κ1) is 21.1. The summed E-state index contributed by atoms with van der Waals surface area (Å²) in [5.41, 5.74) is 0. The number of ether oxygens (including phenoxy) is 2. The molecule has 0 aliphatic heterocycles. The van der Waals surface area contributed by atoms with Gasteiger partial charge in [0, 0.05) is 0 Å². The Kier molecular flexibility index (Phi) is 14.4. The predicted octanol–water partition coefficient (Wildman–Crippen LogP) is 3.76. The van der Waals surface area contributed by atoms with Crippen LogP contribution in [0.2, 0.25) is 0 Å². The molecule has 130 valence electrons. The maximum Gasteiger partial charge on any atom is 0.407 e. The number of carbonyl (C=O) groups excluding carboxylic acids is 2. The second-order valence-electron chi connectivity index (χ2n) is 5.13. The molecule has 0 saturated heterocycles. The van der Waals surface area contributed by atoms with Gasteiger partial charge in [-0.15, -0.1) is 0 Å². The first-order valence-corrected chi connectivity index (χ1v) is 9.63. The highest BCUT2D eigenvalue weighted by Gasteiger charge is 2.22. The molecular formula is C16H31NO4S. The van der Waals surface area contributed by atoms with Gasteiger partial charge in [0.1, 0.15) is 6.04 Å². The number of hydrogen-bond donors (Lipinski definition) is 1. The molecule has 0 rings (SSSR count). The van der Waals surface area contributed by atoms with Crippen molar-refractivity contribution < 1.29 is 19.1 Å². The van der Waals surface area contributed by atoms with Crippen LogP contribution >= 0.6 is 11.8 Å². The van der Waals surface area contributed by atoms with E-state index in [0.29, 0.717) is 13.0 Å². The van der Waals surface area contributed by atoms with Gasteiger partial charge in [-0.25, -0.2) is 9.59 Å². The zero-order chi connectivity index (χ0) is 16.6. The fourth-order valence-corrected chi connectivity index (χ4v) is 2.43. The van der Waals surface area contributed by atoms with E-state index in [9.17, 15) is 9.59 Å². The van der Waals surface area contributed by atoms with Crippen molar-refractivity contribution in [3.8, 4) is 0 Å². The summed E-state index contributed by atoms with van der Waals surface area (Å²) in [5.74, 6) is 0.416. The molecule has 0 aromatic rings. The molecule has 0 aromatic heterocycles. The van der Waals surface area contributed by atoms with E-state index in [4.69, 9.17) is 9.47 Å². The maximum absolute atomic E-state index is 12.0. The van der Waals surface area contributed by atoms with Crippen LogP contribution < -0.4 is 5.32 Å². The van der Waals surface area contributed by atoms with Crippen molar-refractivity contribution >= 4 is 23.8 Å². The summed E-state index contributed by atoms with van der Waals surface area (Å²) in [4.78, 5) is 23.5. The molecule has 5 nitrogen and oxygen atoms in total. The highest BCUT2D eigenvalue weighted by Crippen LogP contribution is 2.07. The van der Waals surface area contributed by atoms with E-state index in [1.165, 1.54) is 25.7 Å². The minimum atomic E-state index is -0.619. The van der Waals surface area contributed by atoms with Crippen LogP contribution in [0.5, 0.6) is 0 Å². The third-order valence-corrected chi connectivity index (χ3v) is 3.85. The van der Waals surface area contributed by atoms with Gasteiger partial charge in [-0.3, -0.25) is 0 Å². The minimum Gasteiger partial charge on any atom is -0.464 e. The average molecular weight is 333 g/mol. The summed E-state index contributed by atoms with van der Waals surface area (Å²) < 4.78 is 10.1. The lowest BCUT2D eigenvalue weighted by Crippen LogP contribution is -2.42. The Balaban J connectivity index is 3.97. The van der Waals surface area contributed by atoms with Gasteiger partial charge < -0.3 is 14.8 Å². The number of hydrogen-bond acceptors (Lipinski definition) is 5. The van der Waals surface area contributed by atoms with E-state index in [1.807, 2.05) is 6.26 Å². The molecule has 0 aliphatic rings.